The number of alkyl halides is 1. The van der Waals surface area contributed by atoms with E-state index in [1.54, 1.807) is 0 Å². The van der Waals surface area contributed by atoms with Crippen molar-refractivity contribution in [1.82, 2.24) is 4.57 Å². The number of Topliss-reactive ketones (excluding diaryl/α,β-unsaturated/α-hetero) is 1. The first-order valence-corrected chi connectivity index (χ1v) is 6.26. The van der Waals surface area contributed by atoms with Gasteiger partial charge in [-0.1, -0.05) is 6.92 Å². The van der Waals surface area contributed by atoms with Gasteiger partial charge >= 0.3 is 0 Å². The largest absolute Gasteiger partial charge is 0.348 e. The number of hydrogen-bond donors (Lipinski definition) is 0. The molecule has 1 aliphatic carbocycles. The minimum Gasteiger partial charge on any atom is -0.348 e. The van der Waals surface area contributed by atoms with Gasteiger partial charge in [-0.3, -0.25) is 4.79 Å². The van der Waals surface area contributed by atoms with Gasteiger partial charge in [-0.2, -0.15) is 0 Å². The van der Waals surface area contributed by atoms with Crippen LogP contribution in [0.2, 0.25) is 0 Å². The number of carbonyl (C=O) groups excluding carboxylic acids is 1. The first kappa shape index (κ1) is 11.7. The molecule has 0 amide bonds. The van der Waals surface area contributed by atoms with Crippen LogP contribution in [0, 0.1) is 19.3 Å². The van der Waals surface area contributed by atoms with Crippen molar-refractivity contribution in [2.24, 2.45) is 5.41 Å². The maximum atomic E-state index is 11.6. The molecule has 0 unspecified atom stereocenters. The second kappa shape index (κ2) is 3.92. The number of halogens is 1. The van der Waals surface area contributed by atoms with Crippen molar-refractivity contribution >= 4 is 17.4 Å². The summed E-state index contributed by atoms with van der Waals surface area (Å²) in [4.78, 5) is 11.6. The predicted molar refractivity (Wildman–Crippen MR) is 66.3 cm³/mol. The Balaban J connectivity index is 2.31. The van der Waals surface area contributed by atoms with E-state index < -0.39 is 0 Å². The van der Waals surface area contributed by atoms with Crippen LogP contribution in [0.3, 0.4) is 0 Å². The van der Waals surface area contributed by atoms with Crippen LogP contribution in [-0.2, 0) is 6.54 Å². The SMILES string of the molecule is Cc1cc(C(=O)CCl)c(C)n1CC1(C)CC1. The molecule has 1 aromatic rings. The molecule has 3 heteroatoms. The molecule has 2 rings (SSSR count). The van der Waals surface area contributed by atoms with E-state index >= 15 is 0 Å². The summed E-state index contributed by atoms with van der Waals surface area (Å²) in [7, 11) is 0. The standard InChI is InChI=1S/C13H18ClNO/c1-9-6-11(12(16)7-14)10(2)15(9)8-13(3)4-5-13/h6H,4-5,7-8H2,1-3H3. The fraction of sp³-hybridized carbons (Fsp3) is 0.615. The van der Waals surface area contributed by atoms with E-state index in [-0.39, 0.29) is 11.7 Å². The molecule has 0 atom stereocenters. The van der Waals surface area contributed by atoms with E-state index in [1.165, 1.54) is 18.5 Å². The number of hydrogen-bond acceptors (Lipinski definition) is 1. The lowest BCUT2D eigenvalue weighted by molar-refractivity contribution is 0.102. The van der Waals surface area contributed by atoms with E-state index in [0.717, 1.165) is 17.8 Å². The van der Waals surface area contributed by atoms with Crippen LogP contribution in [0.4, 0.5) is 0 Å². The lowest BCUT2D eigenvalue weighted by atomic mass is 10.1. The Hall–Kier alpha value is -0.760. The van der Waals surface area contributed by atoms with Gasteiger partial charge in [0.2, 0.25) is 0 Å². The fourth-order valence-electron chi connectivity index (χ4n) is 2.15. The second-order valence-corrected chi connectivity index (χ2v) is 5.51. The molecule has 0 aliphatic heterocycles. The number of aromatic nitrogens is 1. The molecule has 2 nitrogen and oxygen atoms in total. The Morgan fingerprint density at radius 1 is 1.50 bits per heavy atom. The van der Waals surface area contributed by atoms with Crippen LogP contribution in [0.1, 0.15) is 41.5 Å². The number of carbonyl (C=O) groups is 1. The van der Waals surface area contributed by atoms with Crippen molar-refractivity contribution in [2.45, 2.75) is 40.2 Å². The van der Waals surface area contributed by atoms with E-state index in [9.17, 15) is 4.79 Å². The van der Waals surface area contributed by atoms with E-state index in [4.69, 9.17) is 11.6 Å². The van der Waals surface area contributed by atoms with E-state index in [2.05, 4.69) is 18.4 Å². The monoisotopic (exact) mass is 239 g/mol. The number of rotatable bonds is 4. The molecule has 16 heavy (non-hydrogen) atoms. The quantitative estimate of drug-likeness (QED) is 0.584. The molecule has 1 fully saturated rings. The third-order valence-electron chi connectivity index (χ3n) is 3.64. The summed E-state index contributed by atoms with van der Waals surface area (Å²) in [5.41, 5.74) is 3.47. The molecule has 0 spiro atoms. The highest BCUT2D eigenvalue weighted by Crippen LogP contribution is 2.47. The Morgan fingerprint density at radius 3 is 2.62 bits per heavy atom. The molecular formula is C13H18ClNO. The first-order valence-electron chi connectivity index (χ1n) is 5.73. The summed E-state index contributed by atoms with van der Waals surface area (Å²) < 4.78 is 2.26. The van der Waals surface area contributed by atoms with Crippen LogP contribution in [0.25, 0.3) is 0 Å². The lowest BCUT2D eigenvalue weighted by Gasteiger charge is -2.14. The Morgan fingerprint density at radius 2 is 2.12 bits per heavy atom. The average molecular weight is 240 g/mol. The van der Waals surface area contributed by atoms with Crippen LogP contribution in [0.15, 0.2) is 6.07 Å². The van der Waals surface area contributed by atoms with Gasteiger partial charge in [0.15, 0.2) is 5.78 Å². The van der Waals surface area contributed by atoms with Crippen molar-refractivity contribution in [2.75, 3.05) is 5.88 Å². The van der Waals surface area contributed by atoms with Crippen molar-refractivity contribution < 1.29 is 4.79 Å². The minimum atomic E-state index is 0.0296. The first-order chi connectivity index (χ1) is 7.47. The van der Waals surface area contributed by atoms with Gasteiger partial charge in [0, 0.05) is 23.5 Å². The van der Waals surface area contributed by atoms with Gasteiger partial charge in [-0.05, 0) is 38.2 Å². The summed E-state index contributed by atoms with van der Waals surface area (Å²) in [6, 6.07) is 1.96. The minimum absolute atomic E-state index is 0.0296. The highest BCUT2D eigenvalue weighted by atomic mass is 35.5. The van der Waals surface area contributed by atoms with E-state index in [1.807, 2.05) is 13.0 Å². The van der Waals surface area contributed by atoms with Crippen molar-refractivity contribution in [3.05, 3.63) is 23.0 Å². The summed E-state index contributed by atoms with van der Waals surface area (Å²) in [5.74, 6) is 0.101. The van der Waals surface area contributed by atoms with Crippen molar-refractivity contribution in [3.8, 4) is 0 Å². The molecule has 0 N–H and O–H groups in total. The van der Waals surface area contributed by atoms with E-state index in [0.29, 0.717) is 5.41 Å². The predicted octanol–water partition coefficient (Wildman–Crippen LogP) is 3.33. The molecule has 0 saturated heterocycles. The maximum absolute atomic E-state index is 11.6. The van der Waals surface area contributed by atoms with Gasteiger partial charge in [0.25, 0.3) is 0 Å². The Kier molecular flexibility index (Phi) is 2.87. The third-order valence-corrected chi connectivity index (χ3v) is 3.88. The zero-order valence-corrected chi connectivity index (χ0v) is 10.9. The zero-order valence-electron chi connectivity index (χ0n) is 10.1. The van der Waals surface area contributed by atoms with Gasteiger partial charge in [0.1, 0.15) is 0 Å². The normalized spacial score (nSPS) is 17.5. The Bertz CT molecular complexity index is 429. The zero-order chi connectivity index (χ0) is 11.9. The van der Waals surface area contributed by atoms with Gasteiger partial charge in [0.05, 0.1) is 5.88 Å². The molecular weight excluding hydrogens is 222 g/mol. The van der Waals surface area contributed by atoms with Crippen molar-refractivity contribution in [1.29, 1.82) is 0 Å². The highest BCUT2D eigenvalue weighted by molar-refractivity contribution is 6.30. The molecule has 1 heterocycles. The summed E-state index contributed by atoms with van der Waals surface area (Å²) in [6.45, 7) is 7.40. The highest BCUT2D eigenvalue weighted by Gasteiger charge is 2.38. The van der Waals surface area contributed by atoms with Gasteiger partial charge in [-0.25, -0.2) is 0 Å². The number of nitrogens with zero attached hydrogens (tertiary/aromatic N) is 1. The summed E-state index contributed by atoms with van der Waals surface area (Å²) in [6.07, 6.45) is 2.59. The summed E-state index contributed by atoms with van der Waals surface area (Å²) in [5, 5.41) is 0. The Labute approximate surface area is 102 Å². The summed E-state index contributed by atoms with van der Waals surface area (Å²) >= 11 is 5.61. The lowest BCUT2D eigenvalue weighted by Crippen LogP contribution is -2.12. The van der Waals surface area contributed by atoms with Crippen LogP contribution < -0.4 is 0 Å². The van der Waals surface area contributed by atoms with Gasteiger partial charge < -0.3 is 4.57 Å². The number of aryl methyl sites for hydroxylation is 1. The second-order valence-electron chi connectivity index (χ2n) is 5.24. The van der Waals surface area contributed by atoms with Gasteiger partial charge in [-0.15, -0.1) is 11.6 Å². The van der Waals surface area contributed by atoms with Crippen molar-refractivity contribution in [3.63, 3.8) is 0 Å². The number of ketones is 1. The molecule has 1 aromatic heterocycles. The topological polar surface area (TPSA) is 22.0 Å². The van der Waals surface area contributed by atoms with Crippen LogP contribution in [0.5, 0.6) is 0 Å². The maximum Gasteiger partial charge on any atom is 0.179 e. The molecule has 0 aromatic carbocycles. The molecule has 0 radical (unpaired) electrons. The molecule has 0 bridgehead atoms. The third kappa shape index (κ3) is 2.03. The molecule has 1 aliphatic rings. The average Bonchev–Trinajstić information content (AvgIpc) is 2.92. The smallest absolute Gasteiger partial charge is 0.179 e. The molecule has 88 valence electrons. The fourth-order valence-corrected chi connectivity index (χ4v) is 2.30. The van der Waals surface area contributed by atoms with Crippen LogP contribution in [-0.4, -0.2) is 16.2 Å². The molecule has 1 saturated carbocycles. The van der Waals surface area contributed by atoms with Crippen LogP contribution >= 0.6 is 11.6 Å².